The summed E-state index contributed by atoms with van der Waals surface area (Å²) >= 11 is 0. The second kappa shape index (κ2) is 3.39. The van der Waals surface area contributed by atoms with E-state index >= 15 is 0 Å². The molecule has 1 aromatic rings. The van der Waals surface area contributed by atoms with Crippen molar-refractivity contribution in [2.24, 2.45) is 0 Å². The van der Waals surface area contributed by atoms with E-state index in [0.29, 0.717) is 0 Å². The first-order valence-electron chi connectivity index (χ1n) is 3.16. The first kappa shape index (κ1) is 7.31. The lowest BCUT2D eigenvalue weighted by atomic mass is 10.3. The Bertz CT molecular complexity index is 197. The zero-order valence-electron chi connectivity index (χ0n) is 6.00. The minimum atomic E-state index is -0.473. The van der Waals surface area contributed by atoms with E-state index in [2.05, 4.69) is 0 Å². The van der Waals surface area contributed by atoms with Crippen molar-refractivity contribution in [3.63, 3.8) is 0 Å². The van der Waals surface area contributed by atoms with Gasteiger partial charge in [0.1, 0.15) is 0 Å². The van der Waals surface area contributed by atoms with Crippen molar-refractivity contribution in [3.8, 4) is 0 Å². The second-order valence-electron chi connectivity index (χ2n) is 2.17. The van der Waals surface area contributed by atoms with Crippen LogP contribution < -0.4 is 10.9 Å². The number of anilines is 1. The number of hydrogen-bond acceptors (Lipinski definition) is 2. The predicted octanol–water partition coefficient (Wildman–Crippen LogP) is -0.376. The van der Waals surface area contributed by atoms with E-state index in [1.165, 1.54) is 5.19 Å². The fraction of sp³-hybridized carbons (Fsp3) is 0.143. The van der Waals surface area contributed by atoms with Crippen LogP contribution in [0.2, 0.25) is 0 Å². The summed E-state index contributed by atoms with van der Waals surface area (Å²) in [4.78, 5) is 0. The predicted molar refractivity (Wildman–Crippen MR) is 46.0 cm³/mol. The highest BCUT2D eigenvalue weighted by Gasteiger charge is 1.89. The van der Waals surface area contributed by atoms with Crippen molar-refractivity contribution in [2.75, 3.05) is 12.8 Å². The maximum absolute atomic E-state index is 5.50. The first-order chi connectivity index (χ1) is 4.83. The Balaban J connectivity index is 2.69. The van der Waals surface area contributed by atoms with Gasteiger partial charge in [0.05, 0.1) is 0 Å². The standard InChI is InChI=1S/C7H11NOSi/c1-9-10-7-4-2-6(8)3-5-7/h2-5H,8,10H2,1H3. The van der Waals surface area contributed by atoms with E-state index < -0.39 is 9.76 Å². The molecule has 0 fully saturated rings. The molecule has 0 aliphatic heterocycles. The Kier molecular flexibility index (Phi) is 2.47. The lowest BCUT2D eigenvalue weighted by Gasteiger charge is -1.97. The summed E-state index contributed by atoms with van der Waals surface area (Å²) in [5.74, 6) is 0. The van der Waals surface area contributed by atoms with Gasteiger partial charge in [0.15, 0.2) is 9.76 Å². The van der Waals surface area contributed by atoms with Crippen LogP contribution in [0.25, 0.3) is 0 Å². The summed E-state index contributed by atoms with van der Waals surface area (Å²) in [6.07, 6.45) is 0. The van der Waals surface area contributed by atoms with Gasteiger partial charge in [0, 0.05) is 12.8 Å². The van der Waals surface area contributed by atoms with Crippen molar-refractivity contribution >= 4 is 20.6 Å². The van der Waals surface area contributed by atoms with Crippen LogP contribution in [0, 0.1) is 0 Å². The molecule has 0 aromatic heterocycles. The highest BCUT2D eigenvalue weighted by Crippen LogP contribution is 1.95. The quantitative estimate of drug-likeness (QED) is 0.464. The molecule has 0 saturated heterocycles. The van der Waals surface area contributed by atoms with Crippen LogP contribution in [0.15, 0.2) is 24.3 Å². The SMILES string of the molecule is CO[SiH2]c1ccc(N)cc1. The summed E-state index contributed by atoms with van der Waals surface area (Å²) in [7, 11) is 1.27. The molecule has 0 bridgehead atoms. The van der Waals surface area contributed by atoms with Gasteiger partial charge in [-0.15, -0.1) is 0 Å². The molecule has 1 rings (SSSR count). The molecule has 3 heteroatoms. The summed E-state index contributed by atoms with van der Waals surface area (Å²) < 4.78 is 5.07. The number of benzene rings is 1. The summed E-state index contributed by atoms with van der Waals surface area (Å²) in [6.45, 7) is 0. The molecule has 0 spiro atoms. The van der Waals surface area contributed by atoms with E-state index in [9.17, 15) is 0 Å². The third kappa shape index (κ3) is 1.86. The highest BCUT2D eigenvalue weighted by molar-refractivity contribution is 6.46. The van der Waals surface area contributed by atoms with Crippen molar-refractivity contribution < 1.29 is 4.43 Å². The van der Waals surface area contributed by atoms with Crippen LogP contribution in [0.3, 0.4) is 0 Å². The molecule has 0 aliphatic rings. The normalized spacial score (nSPS) is 10.9. The molecule has 0 heterocycles. The summed E-state index contributed by atoms with van der Waals surface area (Å²) in [6, 6.07) is 7.85. The number of rotatable bonds is 2. The van der Waals surface area contributed by atoms with Gasteiger partial charge in [-0.3, -0.25) is 0 Å². The fourth-order valence-corrected chi connectivity index (χ4v) is 1.54. The van der Waals surface area contributed by atoms with Crippen LogP contribution in [0.5, 0.6) is 0 Å². The van der Waals surface area contributed by atoms with Gasteiger partial charge in [-0.2, -0.15) is 0 Å². The second-order valence-corrected chi connectivity index (χ2v) is 3.86. The smallest absolute Gasteiger partial charge is 0.191 e. The van der Waals surface area contributed by atoms with Crippen molar-refractivity contribution in [2.45, 2.75) is 0 Å². The molecule has 0 aliphatic carbocycles. The Morgan fingerprint density at radius 3 is 2.40 bits per heavy atom. The van der Waals surface area contributed by atoms with Gasteiger partial charge in [0.25, 0.3) is 0 Å². The Labute approximate surface area is 62.9 Å². The number of nitrogens with two attached hydrogens (primary N) is 1. The van der Waals surface area contributed by atoms with Gasteiger partial charge in [-0.25, -0.2) is 0 Å². The van der Waals surface area contributed by atoms with Gasteiger partial charge in [-0.05, 0) is 17.3 Å². The molecular weight excluding hydrogens is 142 g/mol. The molecule has 54 valence electrons. The lowest BCUT2D eigenvalue weighted by Crippen LogP contribution is -2.15. The first-order valence-corrected chi connectivity index (χ1v) is 4.44. The average molecular weight is 153 g/mol. The maximum Gasteiger partial charge on any atom is 0.191 e. The molecule has 0 saturated carbocycles. The zero-order valence-corrected chi connectivity index (χ0v) is 7.42. The van der Waals surface area contributed by atoms with Gasteiger partial charge in [-0.1, -0.05) is 12.1 Å². The molecule has 0 unspecified atom stereocenters. The minimum Gasteiger partial charge on any atom is -0.422 e. The van der Waals surface area contributed by atoms with E-state index in [-0.39, 0.29) is 0 Å². The Hall–Kier alpha value is -0.803. The average Bonchev–Trinajstić information content (AvgIpc) is 1.95. The van der Waals surface area contributed by atoms with Crippen LogP contribution in [0.4, 0.5) is 5.69 Å². The molecule has 1 aromatic carbocycles. The Morgan fingerprint density at radius 2 is 1.90 bits per heavy atom. The molecule has 0 amide bonds. The molecule has 10 heavy (non-hydrogen) atoms. The van der Waals surface area contributed by atoms with Crippen LogP contribution >= 0.6 is 0 Å². The fourth-order valence-electron chi connectivity index (χ4n) is 0.781. The number of hydrogen-bond donors (Lipinski definition) is 1. The van der Waals surface area contributed by atoms with E-state index in [1.807, 2.05) is 24.3 Å². The van der Waals surface area contributed by atoms with Gasteiger partial charge in [0.2, 0.25) is 0 Å². The molecule has 0 atom stereocenters. The van der Waals surface area contributed by atoms with E-state index in [4.69, 9.17) is 10.2 Å². The molecular formula is C7H11NOSi. The molecule has 2 N–H and O–H groups in total. The van der Waals surface area contributed by atoms with Gasteiger partial charge < -0.3 is 10.2 Å². The van der Waals surface area contributed by atoms with E-state index in [1.54, 1.807) is 7.11 Å². The van der Waals surface area contributed by atoms with Crippen molar-refractivity contribution in [1.82, 2.24) is 0 Å². The van der Waals surface area contributed by atoms with Crippen LogP contribution in [-0.4, -0.2) is 16.9 Å². The van der Waals surface area contributed by atoms with Gasteiger partial charge >= 0.3 is 0 Å². The third-order valence-electron chi connectivity index (χ3n) is 1.29. The topological polar surface area (TPSA) is 35.2 Å². The van der Waals surface area contributed by atoms with Crippen molar-refractivity contribution in [3.05, 3.63) is 24.3 Å². The largest absolute Gasteiger partial charge is 0.422 e. The lowest BCUT2D eigenvalue weighted by molar-refractivity contribution is 0.450. The maximum atomic E-state index is 5.50. The highest BCUT2D eigenvalue weighted by atomic mass is 28.2. The van der Waals surface area contributed by atoms with E-state index in [0.717, 1.165) is 5.69 Å². The monoisotopic (exact) mass is 153 g/mol. The third-order valence-corrected chi connectivity index (χ3v) is 2.38. The summed E-state index contributed by atoms with van der Waals surface area (Å²) in [5.41, 5.74) is 6.31. The minimum absolute atomic E-state index is 0.473. The molecule has 0 radical (unpaired) electrons. The van der Waals surface area contributed by atoms with Crippen LogP contribution in [-0.2, 0) is 4.43 Å². The van der Waals surface area contributed by atoms with Crippen LogP contribution in [0.1, 0.15) is 0 Å². The number of nitrogen functional groups attached to an aromatic ring is 1. The Morgan fingerprint density at radius 1 is 1.30 bits per heavy atom. The summed E-state index contributed by atoms with van der Waals surface area (Å²) in [5, 5.41) is 1.29. The zero-order chi connectivity index (χ0) is 7.40. The molecule has 2 nitrogen and oxygen atoms in total. The van der Waals surface area contributed by atoms with Crippen molar-refractivity contribution in [1.29, 1.82) is 0 Å².